The summed E-state index contributed by atoms with van der Waals surface area (Å²) in [5, 5.41) is 0. The number of quaternary nitrogens is 1. The fraction of sp³-hybridized carbons (Fsp3) is 0.647. The summed E-state index contributed by atoms with van der Waals surface area (Å²) in [7, 11) is 0. The van der Waals surface area contributed by atoms with E-state index in [0.717, 1.165) is 24.2 Å². The van der Waals surface area contributed by atoms with Crippen molar-refractivity contribution in [3.8, 4) is 0 Å². The number of piperidine rings is 1. The molecule has 0 N–H and O–H groups in total. The third kappa shape index (κ3) is 2.90. The Morgan fingerprint density at radius 2 is 2.05 bits per heavy atom. The number of benzene rings is 1. The summed E-state index contributed by atoms with van der Waals surface area (Å²) in [6.45, 7) is 6.27. The Hall–Kier alpha value is -0.900. The molecule has 0 bridgehead atoms. The van der Waals surface area contributed by atoms with Gasteiger partial charge in [-0.3, -0.25) is 0 Å². The molecule has 3 rings (SSSR count). The van der Waals surface area contributed by atoms with Crippen LogP contribution in [-0.2, 0) is 16.1 Å². The Morgan fingerprint density at radius 1 is 1.25 bits per heavy atom. The molecule has 2 aliphatic rings. The van der Waals surface area contributed by atoms with Crippen molar-refractivity contribution in [3.05, 3.63) is 35.9 Å². The quantitative estimate of drug-likeness (QED) is 0.782. The van der Waals surface area contributed by atoms with Crippen LogP contribution in [-0.4, -0.2) is 29.6 Å². The highest BCUT2D eigenvalue weighted by atomic mass is 16.8. The van der Waals surface area contributed by atoms with E-state index < -0.39 is 0 Å². The van der Waals surface area contributed by atoms with Gasteiger partial charge in [0.05, 0.1) is 12.5 Å². The third-order valence-corrected chi connectivity index (χ3v) is 4.50. The molecule has 0 radical (unpaired) electrons. The van der Waals surface area contributed by atoms with Crippen LogP contribution in [0.2, 0.25) is 0 Å². The first kappa shape index (κ1) is 14.1. The summed E-state index contributed by atoms with van der Waals surface area (Å²) in [5.74, 6) is 0. The maximum atomic E-state index is 6.38. The molecule has 1 aromatic rings. The van der Waals surface area contributed by atoms with E-state index in [0.29, 0.717) is 6.04 Å². The van der Waals surface area contributed by atoms with Gasteiger partial charge in [0.2, 0.25) is 6.29 Å². The molecular weight excluding hydrogens is 250 g/mol. The summed E-state index contributed by atoms with van der Waals surface area (Å²) >= 11 is 0. The van der Waals surface area contributed by atoms with Crippen LogP contribution in [0.4, 0.5) is 0 Å². The Balaban J connectivity index is 1.76. The zero-order valence-electron chi connectivity index (χ0n) is 12.6. The highest BCUT2D eigenvalue weighted by Crippen LogP contribution is 2.39. The Bertz CT molecular complexity index is 434. The van der Waals surface area contributed by atoms with E-state index in [4.69, 9.17) is 9.57 Å². The van der Waals surface area contributed by atoms with Gasteiger partial charge in [-0.05, 0) is 26.7 Å². The maximum absolute atomic E-state index is 6.38. The lowest BCUT2D eigenvalue weighted by atomic mass is 9.98. The molecule has 3 heteroatoms. The standard InChI is InChI=1S/C17H26NO2/c1-14(2)19-17-12-16-10-6-7-11-18(16,20-17)13-15-8-4-3-5-9-15/h3-5,8-9,14,16-17H,6-7,10-13H2,1-2H3/q+1/t16-,17-,18-/m0/s1. The van der Waals surface area contributed by atoms with E-state index in [1.165, 1.54) is 24.8 Å². The SMILES string of the molecule is CC(C)O[C@@H]1C[C@@H]2CCCC[N@@+]2(Cc2ccccc2)O1. The van der Waals surface area contributed by atoms with Crippen molar-refractivity contribution in [2.75, 3.05) is 6.54 Å². The van der Waals surface area contributed by atoms with Gasteiger partial charge in [-0.15, -0.1) is 0 Å². The van der Waals surface area contributed by atoms with Crippen molar-refractivity contribution in [2.24, 2.45) is 0 Å². The van der Waals surface area contributed by atoms with Gasteiger partial charge in [0.25, 0.3) is 0 Å². The summed E-state index contributed by atoms with van der Waals surface area (Å²) < 4.78 is 6.71. The number of fused-ring (bicyclic) bond motifs is 1. The Labute approximate surface area is 122 Å². The number of rotatable bonds is 4. The van der Waals surface area contributed by atoms with Crippen molar-refractivity contribution in [1.29, 1.82) is 0 Å². The van der Waals surface area contributed by atoms with E-state index in [2.05, 4.69) is 44.2 Å². The van der Waals surface area contributed by atoms with Crippen LogP contribution in [0.15, 0.2) is 30.3 Å². The number of ether oxygens (including phenoxy) is 1. The lowest BCUT2D eigenvalue weighted by Crippen LogP contribution is -2.52. The van der Waals surface area contributed by atoms with E-state index in [-0.39, 0.29) is 12.4 Å². The minimum atomic E-state index is -0.0261. The lowest BCUT2D eigenvalue weighted by molar-refractivity contribution is -1.13. The monoisotopic (exact) mass is 276 g/mol. The van der Waals surface area contributed by atoms with Crippen LogP contribution >= 0.6 is 0 Å². The zero-order valence-corrected chi connectivity index (χ0v) is 12.6. The molecule has 2 fully saturated rings. The van der Waals surface area contributed by atoms with Crippen LogP contribution in [0.1, 0.15) is 45.1 Å². The number of hydrogen-bond acceptors (Lipinski definition) is 2. The molecule has 2 saturated heterocycles. The van der Waals surface area contributed by atoms with E-state index >= 15 is 0 Å². The highest BCUT2D eigenvalue weighted by Gasteiger charge is 2.51. The minimum Gasteiger partial charge on any atom is -0.345 e. The van der Waals surface area contributed by atoms with E-state index in [9.17, 15) is 0 Å². The lowest BCUT2D eigenvalue weighted by Gasteiger charge is -2.39. The van der Waals surface area contributed by atoms with Gasteiger partial charge in [0.1, 0.15) is 19.1 Å². The normalized spacial score (nSPS) is 33.4. The van der Waals surface area contributed by atoms with E-state index in [1.807, 2.05) is 0 Å². The molecule has 2 aliphatic heterocycles. The zero-order chi connectivity index (χ0) is 14.0. The molecule has 3 nitrogen and oxygen atoms in total. The Kier molecular flexibility index (Phi) is 4.11. The molecule has 3 atom stereocenters. The molecule has 0 saturated carbocycles. The largest absolute Gasteiger partial charge is 0.345 e. The summed E-state index contributed by atoms with van der Waals surface area (Å²) in [4.78, 5) is 6.38. The van der Waals surface area contributed by atoms with Gasteiger partial charge < -0.3 is 4.74 Å². The molecule has 20 heavy (non-hydrogen) atoms. The van der Waals surface area contributed by atoms with Gasteiger partial charge in [-0.1, -0.05) is 30.3 Å². The average Bonchev–Trinajstić information content (AvgIpc) is 2.76. The topological polar surface area (TPSA) is 18.5 Å². The first-order valence-corrected chi connectivity index (χ1v) is 7.92. The maximum Gasteiger partial charge on any atom is 0.221 e. The molecule has 0 aliphatic carbocycles. The second-order valence-corrected chi connectivity index (χ2v) is 6.42. The van der Waals surface area contributed by atoms with Gasteiger partial charge in [0, 0.05) is 12.0 Å². The van der Waals surface area contributed by atoms with Crippen LogP contribution in [0.3, 0.4) is 0 Å². The van der Waals surface area contributed by atoms with Crippen molar-refractivity contribution in [3.63, 3.8) is 0 Å². The van der Waals surface area contributed by atoms with Gasteiger partial charge in [-0.2, -0.15) is 9.48 Å². The Morgan fingerprint density at radius 3 is 2.80 bits per heavy atom. The predicted octanol–water partition coefficient (Wildman–Crippen LogP) is 3.64. The average molecular weight is 276 g/mol. The molecule has 0 unspecified atom stereocenters. The van der Waals surface area contributed by atoms with Crippen molar-refractivity contribution in [2.45, 2.75) is 64.5 Å². The molecule has 0 aromatic heterocycles. The second kappa shape index (κ2) is 5.84. The van der Waals surface area contributed by atoms with E-state index in [1.54, 1.807) is 0 Å². The summed E-state index contributed by atoms with van der Waals surface area (Å²) in [6.07, 6.45) is 5.12. The van der Waals surface area contributed by atoms with Gasteiger partial charge in [-0.25, -0.2) is 0 Å². The van der Waals surface area contributed by atoms with Crippen LogP contribution in [0.25, 0.3) is 0 Å². The van der Waals surface area contributed by atoms with Crippen molar-refractivity contribution >= 4 is 0 Å². The van der Waals surface area contributed by atoms with Crippen LogP contribution in [0, 0.1) is 0 Å². The molecular formula is C17H26NO2+. The number of hydroxylamine groups is 3. The van der Waals surface area contributed by atoms with Gasteiger partial charge >= 0.3 is 0 Å². The first-order chi connectivity index (χ1) is 9.68. The molecule has 1 aromatic carbocycles. The van der Waals surface area contributed by atoms with Gasteiger partial charge in [0.15, 0.2) is 0 Å². The van der Waals surface area contributed by atoms with Crippen LogP contribution < -0.4 is 0 Å². The number of hydrogen-bond donors (Lipinski definition) is 0. The highest BCUT2D eigenvalue weighted by molar-refractivity contribution is 5.13. The first-order valence-electron chi connectivity index (χ1n) is 7.92. The molecule has 0 spiro atoms. The molecule has 2 heterocycles. The second-order valence-electron chi connectivity index (χ2n) is 6.42. The smallest absolute Gasteiger partial charge is 0.221 e. The van der Waals surface area contributed by atoms with Crippen molar-refractivity contribution < 1.29 is 14.2 Å². The minimum absolute atomic E-state index is 0.0261. The summed E-state index contributed by atoms with van der Waals surface area (Å²) in [6, 6.07) is 11.3. The van der Waals surface area contributed by atoms with Crippen LogP contribution in [0.5, 0.6) is 0 Å². The molecule has 110 valence electrons. The van der Waals surface area contributed by atoms with Crippen molar-refractivity contribution in [1.82, 2.24) is 0 Å². The fourth-order valence-electron chi connectivity index (χ4n) is 3.65. The third-order valence-electron chi connectivity index (χ3n) is 4.50. The number of nitrogens with zero attached hydrogens (tertiary/aromatic N) is 1. The fourth-order valence-corrected chi connectivity index (χ4v) is 3.65. The molecule has 0 amide bonds. The summed E-state index contributed by atoms with van der Waals surface area (Å²) in [5.41, 5.74) is 1.37. The predicted molar refractivity (Wildman–Crippen MR) is 78.6 cm³/mol.